The van der Waals surface area contributed by atoms with Crippen molar-refractivity contribution in [3.05, 3.63) is 78.1 Å². The Bertz CT molecular complexity index is 1210. The number of anilines is 2. The number of nitrogens with zero attached hydrogens (tertiary/aromatic N) is 1. The molecule has 3 aromatic rings. The second-order valence-corrected chi connectivity index (χ2v) is 9.01. The Morgan fingerprint density at radius 3 is 2.30 bits per heavy atom. The molecule has 3 aromatic carbocycles. The minimum absolute atomic E-state index is 0.140. The summed E-state index contributed by atoms with van der Waals surface area (Å²) >= 11 is 0. The fraction of sp³-hybridized carbons (Fsp3) is 0.208. The quantitative estimate of drug-likeness (QED) is 0.500. The van der Waals surface area contributed by atoms with Gasteiger partial charge in [-0.1, -0.05) is 6.07 Å². The van der Waals surface area contributed by atoms with E-state index in [-0.39, 0.29) is 10.6 Å². The minimum Gasteiger partial charge on any atom is -0.495 e. The first-order chi connectivity index (χ1) is 15.7. The second kappa shape index (κ2) is 10.4. The van der Waals surface area contributed by atoms with Crippen LogP contribution in [-0.2, 0) is 14.8 Å². The molecule has 9 heteroatoms. The molecule has 0 saturated heterocycles. The molecule has 0 aliphatic rings. The fourth-order valence-corrected chi connectivity index (χ4v) is 4.58. The van der Waals surface area contributed by atoms with E-state index in [0.717, 1.165) is 34.1 Å². The van der Waals surface area contributed by atoms with E-state index in [0.29, 0.717) is 23.8 Å². The predicted octanol–water partition coefficient (Wildman–Crippen LogP) is 4.38. The summed E-state index contributed by atoms with van der Waals surface area (Å²) in [5.41, 5.74) is 1.58. The van der Waals surface area contributed by atoms with Crippen molar-refractivity contribution in [1.29, 1.82) is 0 Å². The lowest BCUT2D eigenvalue weighted by Gasteiger charge is -2.24. The smallest absolute Gasteiger partial charge is 0.264 e. The van der Waals surface area contributed by atoms with E-state index >= 15 is 0 Å². The first-order valence-electron chi connectivity index (χ1n) is 10.2. The molecule has 0 spiro atoms. The zero-order valence-corrected chi connectivity index (χ0v) is 19.4. The third kappa shape index (κ3) is 5.81. The number of carbonyl (C=O) groups excluding carboxylic acids is 1. The van der Waals surface area contributed by atoms with Crippen LogP contribution in [0.5, 0.6) is 11.5 Å². The summed E-state index contributed by atoms with van der Waals surface area (Å²) < 4.78 is 51.8. The molecule has 0 fully saturated rings. The van der Waals surface area contributed by atoms with Gasteiger partial charge in [0.15, 0.2) is 0 Å². The van der Waals surface area contributed by atoms with Crippen molar-refractivity contribution in [3.63, 3.8) is 0 Å². The van der Waals surface area contributed by atoms with Gasteiger partial charge in [0.05, 0.1) is 30.0 Å². The highest BCUT2D eigenvalue weighted by atomic mass is 32.2. The molecule has 0 radical (unpaired) electrons. The number of carbonyl (C=O) groups is 1. The van der Waals surface area contributed by atoms with Crippen LogP contribution in [0.1, 0.15) is 12.5 Å². The van der Waals surface area contributed by atoms with E-state index < -0.39 is 28.3 Å². The maximum atomic E-state index is 13.4. The number of hydrogen-bond acceptors (Lipinski definition) is 5. The van der Waals surface area contributed by atoms with Crippen LogP contribution in [0.3, 0.4) is 0 Å². The number of ether oxygens (including phenoxy) is 2. The molecular weight excluding hydrogens is 447 g/mol. The molecule has 33 heavy (non-hydrogen) atoms. The number of hydrogen-bond donors (Lipinski definition) is 1. The molecule has 0 saturated carbocycles. The summed E-state index contributed by atoms with van der Waals surface area (Å²) in [4.78, 5) is 12.8. The number of amides is 1. The SMILES string of the molecule is CCOc1ccc(N(CC(=O)Nc2cc(C)ccc2OC)S(=O)(=O)c2ccc(F)cc2)cc1. The van der Waals surface area contributed by atoms with Gasteiger partial charge in [0.1, 0.15) is 23.9 Å². The number of aryl methyl sites for hydroxylation is 1. The van der Waals surface area contributed by atoms with Crippen molar-refractivity contribution in [2.45, 2.75) is 18.7 Å². The van der Waals surface area contributed by atoms with E-state index in [1.165, 1.54) is 7.11 Å². The van der Waals surface area contributed by atoms with E-state index in [4.69, 9.17) is 9.47 Å². The molecule has 0 unspecified atom stereocenters. The molecule has 174 valence electrons. The van der Waals surface area contributed by atoms with E-state index in [2.05, 4.69) is 5.32 Å². The molecule has 0 aliphatic heterocycles. The van der Waals surface area contributed by atoms with Crippen molar-refractivity contribution in [3.8, 4) is 11.5 Å². The number of halogens is 1. The normalized spacial score (nSPS) is 11.0. The average Bonchev–Trinajstić information content (AvgIpc) is 2.79. The molecule has 7 nitrogen and oxygen atoms in total. The average molecular weight is 473 g/mol. The third-order valence-corrected chi connectivity index (χ3v) is 6.54. The zero-order chi connectivity index (χ0) is 24.0. The van der Waals surface area contributed by atoms with Crippen molar-refractivity contribution in [1.82, 2.24) is 0 Å². The monoisotopic (exact) mass is 472 g/mol. The maximum Gasteiger partial charge on any atom is 0.264 e. The van der Waals surface area contributed by atoms with E-state index in [1.54, 1.807) is 36.4 Å². The van der Waals surface area contributed by atoms with E-state index in [1.807, 2.05) is 19.9 Å². The highest BCUT2D eigenvalue weighted by Gasteiger charge is 2.27. The minimum atomic E-state index is -4.17. The van der Waals surface area contributed by atoms with E-state index in [9.17, 15) is 17.6 Å². The first kappa shape index (κ1) is 24.1. The summed E-state index contributed by atoms with van der Waals surface area (Å²) in [5.74, 6) is -0.124. The van der Waals surface area contributed by atoms with Crippen LogP contribution in [0.2, 0.25) is 0 Å². The number of nitrogens with one attached hydrogen (secondary N) is 1. The molecule has 0 heterocycles. The van der Waals surface area contributed by atoms with Gasteiger partial charge < -0.3 is 14.8 Å². The molecule has 3 rings (SSSR count). The molecule has 0 aromatic heterocycles. The predicted molar refractivity (Wildman–Crippen MR) is 125 cm³/mol. The molecular formula is C24H25FN2O5S. The Morgan fingerprint density at radius 1 is 1.03 bits per heavy atom. The fourth-order valence-electron chi connectivity index (χ4n) is 3.16. The molecule has 0 aliphatic carbocycles. The molecule has 0 bridgehead atoms. The van der Waals surface area contributed by atoms with Crippen LogP contribution in [-0.4, -0.2) is 34.6 Å². The van der Waals surface area contributed by atoms with Gasteiger partial charge in [0, 0.05) is 0 Å². The summed E-state index contributed by atoms with van der Waals surface area (Å²) in [6, 6.07) is 16.0. The Hall–Kier alpha value is -3.59. The summed E-state index contributed by atoms with van der Waals surface area (Å²) in [7, 11) is -2.70. The van der Waals surface area contributed by atoms with Crippen LogP contribution in [0.4, 0.5) is 15.8 Å². The summed E-state index contributed by atoms with van der Waals surface area (Å²) in [6.07, 6.45) is 0. The summed E-state index contributed by atoms with van der Waals surface area (Å²) in [5, 5.41) is 2.71. The Kier molecular flexibility index (Phi) is 7.55. The topological polar surface area (TPSA) is 84.9 Å². The third-order valence-electron chi connectivity index (χ3n) is 4.75. The van der Waals surface area contributed by atoms with Crippen LogP contribution in [0.25, 0.3) is 0 Å². The van der Waals surface area contributed by atoms with Crippen LogP contribution in [0.15, 0.2) is 71.6 Å². The van der Waals surface area contributed by atoms with Crippen molar-refractivity contribution >= 4 is 27.3 Å². The molecule has 0 atom stereocenters. The Balaban J connectivity index is 1.95. The van der Waals surface area contributed by atoms with Gasteiger partial charge in [-0.2, -0.15) is 0 Å². The number of rotatable bonds is 9. The van der Waals surface area contributed by atoms with Gasteiger partial charge in [-0.05, 0) is 80.1 Å². The van der Waals surface area contributed by atoms with Gasteiger partial charge in [-0.25, -0.2) is 12.8 Å². The van der Waals surface area contributed by atoms with Crippen LogP contribution >= 0.6 is 0 Å². The van der Waals surface area contributed by atoms with Gasteiger partial charge in [-0.3, -0.25) is 9.10 Å². The van der Waals surface area contributed by atoms with Crippen molar-refractivity contribution in [2.75, 3.05) is 29.9 Å². The largest absolute Gasteiger partial charge is 0.495 e. The molecule has 1 N–H and O–H groups in total. The second-order valence-electron chi connectivity index (χ2n) is 7.14. The zero-order valence-electron chi connectivity index (χ0n) is 18.5. The lowest BCUT2D eigenvalue weighted by atomic mass is 10.2. The number of methoxy groups -OCH3 is 1. The van der Waals surface area contributed by atoms with Crippen LogP contribution in [0, 0.1) is 12.7 Å². The lowest BCUT2D eigenvalue weighted by Crippen LogP contribution is -2.38. The van der Waals surface area contributed by atoms with Crippen LogP contribution < -0.4 is 19.1 Å². The number of sulfonamides is 1. The van der Waals surface area contributed by atoms with Gasteiger partial charge >= 0.3 is 0 Å². The first-order valence-corrected chi connectivity index (χ1v) is 11.6. The summed E-state index contributed by atoms with van der Waals surface area (Å²) in [6.45, 7) is 3.64. The highest BCUT2D eigenvalue weighted by Crippen LogP contribution is 2.28. The van der Waals surface area contributed by atoms with Crippen molar-refractivity contribution < 1.29 is 27.1 Å². The van der Waals surface area contributed by atoms with Gasteiger partial charge in [0.25, 0.3) is 10.0 Å². The van der Waals surface area contributed by atoms with Gasteiger partial charge in [-0.15, -0.1) is 0 Å². The number of benzene rings is 3. The lowest BCUT2D eigenvalue weighted by molar-refractivity contribution is -0.114. The van der Waals surface area contributed by atoms with Gasteiger partial charge in [0.2, 0.25) is 5.91 Å². The van der Waals surface area contributed by atoms with Crippen molar-refractivity contribution in [2.24, 2.45) is 0 Å². The standard InChI is InChI=1S/C24H25FN2O5S/c1-4-32-20-10-8-19(9-11-20)27(33(29,30)21-12-6-18(25)7-13-21)16-24(28)26-22-15-17(2)5-14-23(22)31-3/h5-15H,4,16H2,1-3H3,(H,26,28). The molecule has 1 amide bonds. The Morgan fingerprint density at radius 2 is 1.70 bits per heavy atom. The highest BCUT2D eigenvalue weighted by molar-refractivity contribution is 7.92. The maximum absolute atomic E-state index is 13.4. The Labute approximate surface area is 192 Å².